The van der Waals surface area contributed by atoms with E-state index in [1.54, 1.807) is 7.05 Å². The maximum absolute atomic E-state index is 11.4. The Kier molecular flexibility index (Phi) is 6.02. The second-order valence-electron chi connectivity index (χ2n) is 5.35. The molecule has 0 aliphatic rings. The van der Waals surface area contributed by atoms with Crippen LogP contribution in [-0.2, 0) is 4.79 Å². The van der Waals surface area contributed by atoms with Crippen molar-refractivity contribution in [3.63, 3.8) is 0 Å². The third kappa shape index (κ3) is 3.97. The quantitative estimate of drug-likeness (QED) is 0.767. The molecule has 0 aromatic heterocycles. The fraction of sp³-hybridized carbons (Fsp3) is 0.562. The monoisotopic (exact) mass is 278 g/mol. The van der Waals surface area contributed by atoms with E-state index >= 15 is 0 Å². The Morgan fingerprint density at radius 3 is 2.40 bits per heavy atom. The second-order valence-corrected chi connectivity index (χ2v) is 5.35. The lowest BCUT2D eigenvalue weighted by atomic mass is 9.90. The van der Waals surface area contributed by atoms with E-state index in [-0.39, 0.29) is 0 Å². The van der Waals surface area contributed by atoms with Crippen molar-refractivity contribution in [1.82, 2.24) is 5.32 Å². The number of nitrogens with zero attached hydrogens (tertiary/aromatic N) is 1. The van der Waals surface area contributed by atoms with Crippen LogP contribution in [0.2, 0.25) is 0 Å². The van der Waals surface area contributed by atoms with Crippen molar-refractivity contribution in [2.24, 2.45) is 0 Å². The molecule has 0 amide bonds. The predicted molar refractivity (Wildman–Crippen MR) is 83.4 cm³/mol. The highest BCUT2D eigenvalue weighted by Gasteiger charge is 2.34. The van der Waals surface area contributed by atoms with Crippen LogP contribution in [0.15, 0.2) is 24.3 Å². The molecule has 0 fully saturated rings. The fourth-order valence-corrected chi connectivity index (χ4v) is 2.39. The summed E-state index contributed by atoms with van der Waals surface area (Å²) in [6.07, 6.45) is 2.06. The van der Waals surface area contributed by atoms with Gasteiger partial charge in [-0.25, -0.2) is 0 Å². The summed E-state index contributed by atoms with van der Waals surface area (Å²) < 4.78 is 0. The molecule has 0 saturated heterocycles. The van der Waals surface area contributed by atoms with Crippen molar-refractivity contribution in [1.29, 1.82) is 0 Å². The number of aliphatic carboxylic acids is 1. The average molecular weight is 278 g/mol. The summed E-state index contributed by atoms with van der Waals surface area (Å²) in [5.74, 6) is -0.763. The minimum Gasteiger partial charge on any atom is -0.480 e. The van der Waals surface area contributed by atoms with Crippen LogP contribution in [0.1, 0.15) is 31.7 Å². The van der Waals surface area contributed by atoms with E-state index in [9.17, 15) is 9.90 Å². The van der Waals surface area contributed by atoms with Crippen molar-refractivity contribution in [3.05, 3.63) is 29.8 Å². The largest absolute Gasteiger partial charge is 0.480 e. The minimum absolute atomic E-state index is 0.590. The number of carboxylic acid groups (broad SMARTS) is 1. The second kappa shape index (κ2) is 7.29. The fourth-order valence-electron chi connectivity index (χ4n) is 2.39. The molecule has 1 unspecified atom stereocenters. The van der Waals surface area contributed by atoms with Crippen molar-refractivity contribution >= 4 is 11.7 Å². The first kappa shape index (κ1) is 16.5. The van der Waals surface area contributed by atoms with Crippen molar-refractivity contribution in [2.45, 2.75) is 38.6 Å². The van der Waals surface area contributed by atoms with E-state index in [4.69, 9.17) is 0 Å². The summed E-state index contributed by atoms with van der Waals surface area (Å²) in [6, 6.07) is 8.37. The molecule has 1 rings (SSSR count). The van der Waals surface area contributed by atoms with Crippen molar-refractivity contribution in [3.8, 4) is 0 Å². The number of carboxylic acids is 1. The molecular weight excluding hydrogens is 252 g/mol. The normalized spacial score (nSPS) is 13.8. The van der Waals surface area contributed by atoms with Gasteiger partial charge in [0.25, 0.3) is 0 Å². The lowest BCUT2D eigenvalue weighted by Gasteiger charge is -2.29. The summed E-state index contributed by atoms with van der Waals surface area (Å²) in [7, 11) is 3.76. The van der Waals surface area contributed by atoms with Crippen molar-refractivity contribution in [2.75, 3.05) is 25.5 Å². The van der Waals surface area contributed by atoms with Gasteiger partial charge in [0.05, 0.1) is 0 Å². The zero-order valence-corrected chi connectivity index (χ0v) is 12.9. The third-order valence-corrected chi connectivity index (χ3v) is 4.06. The Labute approximate surface area is 121 Å². The highest BCUT2D eigenvalue weighted by molar-refractivity contribution is 5.78. The van der Waals surface area contributed by atoms with Crippen LogP contribution in [0.25, 0.3) is 0 Å². The van der Waals surface area contributed by atoms with Gasteiger partial charge >= 0.3 is 5.97 Å². The number of hydrogen-bond donors (Lipinski definition) is 2. The minimum atomic E-state index is -0.798. The maximum Gasteiger partial charge on any atom is 0.323 e. The van der Waals surface area contributed by atoms with Crippen LogP contribution in [0, 0.1) is 6.92 Å². The Morgan fingerprint density at radius 2 is 1.95 bits per heavy atom. The van der Waals surface area contributed by atoms with Gasteiger partial charge in [0.2, 0.25) is 0 Å². The number of nitrogens with one attached hydrogen (secondary N) is 1. The number of carbonyl (C=O) groups is 1. The molecule has 0 spiro atoms. The van der Waals surface area contributed by atoms with E-state index < -0.39 is 11.5 Å². The van der Waals surface area contributed by atoms with E-state index in [1.807, 2.05) is 14.0 Å². The first-order chi connectivity index (χ1) is 9.45. The predicted octanol–water partition coefficient (Wildman–Crippen LogP) is 2.66. The highest BCUT2D eigenvalue weighted by atomic mass is 16.4. The summed E-state index contributed by atoms with van der Waals surface area (Å²) in [6.45, 7) is 4.83. The molecule has 0 bridgehead atoms. The molecule has 4 nitrogen and oxygen atoms in total. The number of anilines is 1. The van der Waals surface area contributed by atoms with Crippen LogP contribution >= 0.6 is 0 Å². The number of hydrogen-bond acceptors (Lipinski definition) is 3. The lowest BCUT2D eigenvalue weighted by Crippen LogP contribution is -2.50. The Morgan fingerprint density at radius 1 is 1.35 bits per heavy atom. The molecule has 112 valence electrons. The molecule has 4 heteroatoms. The Balaban J connectivity index is 2.54. The molecule has 1 aromatic carbocycles. The van der Waals surface area contributed by atoms with Crippen LogP contribution in [0.3, 0.4) is 0 Å². The van der Waals surface area contributed by atoms with Gasteiger partial charge in [0.15, 0.2) is 0 Å². The summed E-state index contributed by atoms with van der Waals surface area (Å²) >= 11 is 0. The molecule has 2 N–H and O–H groups in total. The molecule has 0 saturated carbocycles. The van der Waals surface area contributed by atoms with E-state index in [2.05, 4.69) is 41.4 Å². The molecule has 0 aliphatic carbocycles. The molecule has 0 heterocycles. The number of likely N-dealkylation sites (N-methyl/N-ethyl adjacent to an activating group) is 1. The summed E-state index contributed by atoms with van der Waals surface area (Å²) in [5.41, 5.74) is 1.61. The standard InChI is InChI=1S/C16H26N2O2/c1-5-16(17-3,15(19)20)11-6-12-18(4)14-9-7-13(2)8-10-14/h7-10,17H,5-6,11-12H2,1-4H3,(H,19,20). The van der Waals surface area contributed by atoms with Gasteiger partial charge in [-0.15, -0.1) is 0 Å². The van der Waals surface area contributed by atoms with Gasteiger partial charge in [-0.2, -0.15) is 0 Å². The number of aryl methyl sites for hydroxylation is 1. The molecular formula is C16H26N2O2. The van der Waals surface area contributed by atoms with E-state index in [0.717, 1.165) is 18.7 Å². The summed E-state index contributed by atoms with van der Waals surface area (Å²) in [4.78, 5) is 13.6. The smallest absolute Gasteiger partial charge is 0.323 e. The number of rotatable bonds is 8. The lowest BCUT2D eigenvalue weighted by molar-refractivity contribution is -0.145. The molecule has 0 radical (unpaired) electrons. The zero-order valence-electron chi connectivity index (χ0n) is 12.9. The first-order valence-corrected chi connectivity index (χ1v) is 7.15. The van der Waals surface area contributed by atoms with Gasteiger partial charge < -0.3 is 15.3 Å². The molecule has 1 atom stereocenters. The molecule has 0 aliphatic heterocycles. The third-order valence-electron chi connectivity index (χ3n) is 4.06. The van der Waals surface area contributed by atoms with E-state index in [1.165, 1.54) is 5.56 Å². The Bertz CT molecular complexity index is 425. The van der Waals surface area contributed by atoms with Gasteiger partial charge in [0, 0.05) is 19.3 Å². The van der Waals surface area contributed by atoms with Crippen LogP contribution in [-0.4, -0.2) is 37.3 Å². The van der Waals surface area contributed by atoms with Gasteiger partial charge in [0.1, 0.15) is 5.54 Å². The van der Waals surface area contributed by atoms with Gasteiger partial charge in [-0.3, -0.25) is 4.79 Å². The Hall–Kier alpha value is -1.55. The average Bonchev–Trinajstić information content (AvgIpc) is 2.44. The topological polar surface area (TPSA) is 52.6 Å². The van der Waals surface area contributed by atoms with Crippen LogP contribution in [0.5, 0.6) is 0 Å². The van der Waals surface area contributed by atoms with Gasteiger partial charge in [-0.1, -0.05) is 24.6 Å². The zero-order chi connectivity index (χ0) is 15.2. The number of benzene rings is 1. The van der Waals surface area contributed by atoms with Crippen LogP contribution < -0.4 is 10.2 Å². The van der Waals surface area contributed by atoms with Crippen molar-refractivity contribution < 1.29 is 9.90 Å². The summed E-state index contributed by atoms with van der Waals surface area (Å²) in [5, 5.41) is 12.3. The SMILES string of the molecule is CCC(CCCN(C)c1ccc(C)cc1)(NC)C(=O)O. The molecule has 1 aromatic rings. The van der Waals surface area contributed by atoms with Gasteiger partial charge in [-0.05, 0) is 45.4 Å². The first-order valence-electron chi connectivity index (χ1n) is 7.15. The van der Waals surface area contributed by atoms with E-state index in [0.29, 0.717) is 12.8 Å². The van der Waals surface area contributed by atoms with Crippen LogP contribution in [0.4, 0.5) is 5.69 Å². The molecule has 20 heavy (non-hydrogen) atoms. The maximum atomic E-state index is 11.4. The highest BCUT2D eigenvalue weighted by Crippen LogP contribution is 2.19.